The lowest BCUT2D eigenvalue weighted by molar-refractivity contribution is -0.137. The Morgan fingerprint density at radius 1 is 1.05 bits per heavy atom. The maximum atomic E-state index is 13.2. The van der Waals surface area contributed by atoms with Crippen molar-refractivity contribution in [3.05, 3.63) is 86.2 Å². The SMILES string of the molecule is Cc1csc(NC(=O)c2cccc(CN3CCC(N4CCCCC4)CC3)c2)c1C(=O)NN=Cc1ccc(Cl)c(C(F)(F)F)c1. The summed E-state index contributed by atoms with van der Waals surface area (Å²) in [6, 6.07) is 11.5. The minimum Gasteiger partial charge on any atom is -0.313 e. The lowest BCUT2D eigenvalue weighted by Crippen LogP contribution is -2.46. The van der Waals surface area contributed by atoms with Crippen LogP contribution in [-0.2, 0) is 12.7 Å². The summed E-state index contributed by atoms with van der Waals surface area (Å²) >= 11 is 6.88. The first-order valence-corrected chi connectivity index (χ1v) is 16.0. The summed E-state index contributed by atoms with van der Waals surface area (Å²) in [5, 5.41) is 8.34. The summed E-state index contributed by atoms with van der Waals surface area (Å²) in [5.41, 5.74) is 3.88. The summed E-state index contributed by atoms with van der Waals surface area (Å²) < 4.78 is 39.4. The van der Waals surface area contributed by atoms with E-state index in [1.54, 1.807) is 18.4 Å². The highest BCUT2D eigenvalue weighted by Gasteiger charge is 2.33. The predicted octanol–water partition coefficient (Wildman–Crippen LogP) is 7.20. The van der Waals surface area contributed by atoms with E-state index < -0.39 is 22.7 Å². The lowest BCUT2D eigenvalue weighted by Gasteiger charge is -2.40. The molecule has 7 nitrogen and oxygen atoms in total. The van der Waals surface area contributed by atoms with Crippen LogP contribution >= 0.6 is 22.9 Å². The number of hydrogen-bond acceptors (Lipinski definition) is 6. The van der Waals surface area contributed by atoms with Gasteiger partial charge in [0.1, 0.15) is 5.00 Å². The highest BCUT2D eigenvalue weighted by atomic mass is 35.5. The van der Waals surface area contributed by atoms with Gasteiger partial charge < -0.3 is 10.2 Å². The van der Waals surface area contributed by atoms with Crippen LogP contribution in [0.5, 0.6) is 0 Å². The van der Waals surface area contributed by atoms with Gasteiger partial charge in [0, 0.05) is 18.2 Å². The molecule has 0 radical (unpaired) electrons. The fraction of sp³-hybridized carbons (Fsp3) is 0.406. The van der Waals surface area contributed by atoms with Crippen LogP contribution in [0.3, 0.4) is 0 Å². The molecule has 234 valence electrons. The quantitative estimate of drug-likeness (QED) is 0.201. The Balaban J connectivity index is 1.18. The summed E-state index contributed by atoms with van der Waals surface area (Å²) in [6.07, 6.45) is 2.78. The van der Waals surface area contributed by atoms with Crippen molar-refractivity contribution in [2.45, 2.75) is 57.8 Å². The number of benzene rings is 2. The van der Waals surface area contributed by atoms with Crippen LogP contribution in [0.1, 0.15) is 75.1 Å². The van der Waals surface area contributed by atoms with Gasteiger partial charge in [0.25, 0.3) is 11.8 Å². The number of carbonyl (C=O) groups excluding carboxylic acids is 2. The first-order valence-electron chi connectivity index (χ1n) is 14.7. The number of carbonyl (C=O) groups is 2. The van der Waals surface area contributed by atoms with Gasteiger partial charge in [-0.15, -0.1) is 11.3 Å². The summed E-state index contributed by atoms with van der Waals surface area (Å²) in [4.78, 5) is 31.3. The van der Waals surface area contributed by atoms with Gasteiger partial charge in [-0.2, -0.15) is 18.3 Å². The number of hydrogen-bond donors (Lipinski definition) is 2. The minimum atomic E-state index is -4.62. The van der Waals surface area contributed by atoms with Gasteiger partial charge in [-0.1, -0.05) is 36.2 Å². The number of thiophene rings is 1. The minimum absolute atomic E-state index is 0.115. The molecule has 12 heteroatoms. The van der Waals surface area contributed by atoms with Gasteiger partial charge in [-0.05, 0) is 105 Å². The Bertz CT molecular complexity index is 1510. The number of rotatable bonds is 8. The molecule has 0 unspecified atom stereocenters. The molecule has 0 spiro atoms. The largest absolute Gasteiger partial charge is 0.417 e. The second-order valence-corrected chi connectivity index (χ2v) is 12.6. The van der Waals surface area contributed by atoms with Gasteiger partial charge in [-0.25, -0.2) is 5.43 Å². The molecule has 0 aliphatic carbocycles. The summed E-state index contributed by atoms with van der Waals surface area (Å²) in [6.45, 7) is 7.02. The van der Waals surface area contributed by atoms with Crippen molar-refractivity contribution in [2.75, 3.05) is 31.5 Å². The summed E-state index contributed by atoms with van der Waals surface area (Å²) in [7, 11) is 0. The van der Waals surface area contributed by atoms with Crippen molar-refractivity contribution in [3.8, 4) is 0 Å². The number of amides is 2. The smallest absolute Gasteiger partial charge is 0.313 e. The van der Waals surface area contributed by atoms with Crippen molar-refractivity contribution >= 4 is 46.0 Å². The van der Waals surface area contributed by atoms with Crippen LogP contribution in [0, 0.1) is 6.92 Å². The number of alkyl halides is 3. The normalized spacial score (nSPS) is 17.2. The first kappa shape index (κ1) is 32.2. The zero-order valence-corrected chi connectivity index (χ0v) is 26.0. The van der Waals surface area contributed by atoms with Gasteiger partial charge in [0.05, 0.1) is 22.4 Å². The lowest BCUT2D eigenvalue weighted by atomic mass is 9.99. The molecule has 0 bridgehead atoms. The molecular weight excluding hydrogens is 611 g/mol. The molecule has 0 atom stereocenters. The van der Waals surface area contributed by atoms with Crippen LogP contribution in [0.25, 0.3) is 0 Å². The number of hydrazone groups is 1. The Kier molecular flexibility index (Phi) is 10.4. The molecular formula is C32H35ClF3N5O2S. The molecule has 5 rings (SSSR count). The summed E-state index contributed by atoms with van der Waals surface area (Å²) in [5.74, 6) is -0.932. The van der Waals surface area contributed by atoms with Gasteiger partial charge in [0.15, 0.2) is 0 Å². The van der Waals surface area contributed by atoms with Crippen molar-refractivity contribution in [1.82, 2.24) is 15.2 Å². The van der Waals surface area contributed by atoms with Gasteiger partial charge in [0.2, 0.25) is 0 Å². The number of anilines is 1. The monoisotopic (exact) mass is 645 g/mol. The van der Waals surface area contributed by atoms with Crippen LogP contribution in [0.15, 0.2) is 52.9 Å². The Labute approximate surface area is 264 Å². The van der Waals surface area contributed by atoms with E-state index in [0.717, 1.165) is 43.5 Å². The third-order valence-corrected chi connectivity index (χ3v) is 9.51. The van der Waals surface area contributed by atoms with E-state index in [4.69, 9.17) is 11.6 Å². The van der Waals surface area contributed by atoms with E-state index >= 15 is 0 Å². The van der Waals surface area contributed by atoms with E-state index in [9.17, 15) is 22.8 Å². The van der Waals surface area contributed by atoms with Crippen LogP contribution in [0.4, 0.5) is 18.2 Å². The van der Waals surface area contributed by atoms with Crippen molar-refractivity contribution < 1.29 is 22.8 Å². The second-order valence-electron chi connectivity index (χ2n) is 11.3. The third-order valence-electron chi connectivity index (χ3n) is 8.16. The number of nitrogens with zero attached hydrogens (tertiary/aromatic N) is 3. The third kappa shape index (κ3) is 8.06. The highest BCUT2D eigenvalue weighted by Crippen LogP contribution is 2.35. The maximum absolute atomic E-state index is 13.2. The molecule has 2 fully saturated rings. The molecule has 3 heterocycles. The van der Waals surface area contributed by atoms with Crippen LogP contribution in [-0.4, -0.2) is 60.0 Å². The average Bonchev–Trinajstić information content (AvgIpc) is 3.37. The molecule has 44 heavy (non-hydrogen) atoms. The molecule has 0 saturated carbocycles. The molecule has 2 N–H and O–H groups in total. The van der Waals surface area contributed by atoms with Gasteiger partial charge >= 0.3 is 6.18 Å². The van der Waals surface area contributed by atoms with Crippen LogP contribution < -0.4 is 10.7 Å². The number of nitrogens with one attached hydrogen (secondary N) is 2. The standard InChI is InChI=1S/C32H35ClF3N5O2S/c1-21-20-44-31(28(21)30(43)39-37-18-22-8-9-27(33)26(17-22)32(34,35)36)38-29(42)24-7-5-6-23(16-24)19-40-14-10-25(11-15-40)41-12-3-2-4-13-41/h5-9,16-18,20,25H,2-4,10-15,19H2,1H3,(H,38,42)(H,39,43). The number of halogens is 4. The first-order chi connectivity index (χ1) is 21.1. The van der Waals surface area contributed by atoms with Crippen molar-refractivity contribution in [3.63, 3.8) is 0 Å². The maximum Gasteiger partial charge on any atom is 0.417 e. The van der Waals surface area contributed by atoms with Crippen molar-refractivity contribution in [1.29, 1.82) is 0 Å². The molecule has 2 aliphatic rings. The molecule has 2 saturated heterocycles. The van der Waals surface area contributed by atoms with E-state index in [1.165, 1.54) is 62.6 Å². The Morgan fingerprint density at radius 2 is 1.80 bits per heavy atom. The fourth-order valence-electron chi connectivity index (χ4n) is 5.85. The zero-order valence-electron chi connectivity index (χ0n) is 24.4. The zero-order chi connectivity index (χ0) is 31.3. The fourth-order valence-corrected chi connectivity index (χ4v) is 7.01. The number of likely N-dealkylation sites (tertiary alicyclic amines) is 2. The Hall–Kier alpha value is -3.25. The molecule has 2 aromatic carbocycles. The van der Waals surface area contributed by atoms with E-state index in [1.807, 2.05) is 18.2 Å². The predicted molar refractivity (Wildman–Crippen MR) is 169 cm³/mol. The average molecular weight is 646 g/mol. The van der Waals surface area contributed by atoms with Gasteiger partial charge in [-0.3, -0.25) is 14.5 Å². The Morgan fingerprint density at radius 3 is 2.52 bits per heavy atom. The molecule has 2 aliphatic heterocycles. The van der Waals surface area contributed by atoms with Crippen LogP contribution in [0.2, 0.25) is 5.02 Å². The molecule has 1 aromatic heterocycles. The highest BCUT2D eigenvalue weighted by molar-refractivity contribution is 7.15. The topological polar surface area (TPSA) is 77.0 Å². The molecule has 3 aromatic rings. The number of piperidine rings is 2. The number of aryl methyl sites for hydroxylation is 1. The van der Waals surface area contributed by atoms with E-state index in [2.05, 4.69) is 25.6 Å². The van der Waals surface area contributed by atoms with E-state index in [0.29, 0.717) is 22.2 Å². The van der Waals surface area contributed by atoms with Crippen molar-refractivity contribution in [2.24, 2.45) is 5.10 Å². The second kappa shape index (κ2) is 14.2. The molecule has 2 amide bonds. The van der Waals surface area contributed by atoms with E-state index in [-0.39, 0.29) is 17.0 Å².